The Hall–Kier alpha value is -3.14. The number of fused-ring (bicyclic) bond motifs is 1. The van der Waals surface area contributed by atoms with Gasteiger partial charge in [0.15, 0.2) is 5.70 Å². The Morgan fingerprint density at radius 2 is 1.73 bits per heavy atom. The van der Waals surface area contributed by atoms with Gasteiger partial charge in [0.05, 0.1) is 6.26 Å². The van der Waals surface area contributed by atoms with Crippen molar-refractivity contribution < 1.29 is 13.9 Å². The average molecular weight is 289 g/mol. The van der Waals surface area contributed by atoms with Crippen LogP contribution in [0.1, 0.15) is 11.1 Å². The second kappa shape index (κ2) is 5.00. The van der Waals surface area contributed by atoms with Crippen molar-refractivity contribution in [3.8, 4) is 0 Å². The molecule has 2 heterocycles. The molecule has 0 fully saturated rings. The van der Waals surface area contributed by atoms with Gasteiger partial charge in [-0.2, -0.15) is 0 Å². The van der Waals surface area contributed by atoms with E-state index in [-0.39, 0.29) is 5.70 Å². The highest BCUT2D eigenvalue weighted by molar-refractivity contribution is 6.13. The van der Waals surface area contributed by atoms with Crippen LogP contribution < -0.4 is 0 Å². The third kappa shape index (κ3) is 2.11. The highest BCUT2D eigenvalue weighted by Gasteiger charge is 2.24. The topological polar surface area (TPSA) is 51.8 Å². The molecule has 0 saturated carbocycles. The number of para-hydroxylation sites is 1. The number of aliphatic imine (C=N–C) groups is 1. The quantitative estimate of drug-likeness (QED) is 0.533. The number of furan rings is 1. The van der Waals surface area contributed by atoms with Crippen LogP contribution >= 0.6 is 0 Å². The molecule has 1 aromatic heterocycles. The van der Waals surface area contributed by atoms with Gasteiger partial charge in [0.2, 0.25) is 5.90 Å². The van der Waals surface area contributed by atoms with Crippen LogP contribution in [0, 0.1) is 0 Å². The molecule has 0 saturated heterocycles. The molecule has 4 heteroatoms. The van der Waals surface area contributed by atoms with Crippen LogP contribution in [0.3, 0.4) is 0 Å². The Balaban J connectivity index is 1.76. The number of carbonyl (C=O) groups excluding carboxylic acids is 1. The molecule has 2 aromatic carbocycles. The molecule has 1 aliphatic heterocycles. The maximum absolute atomic E-state index is 12.0. The lowest BCUT2D eigenvalue weighted by Crippen LogP contribution is -2.04. The SMILES string of the molecule is O=C1OC(c2ccccc2)=N/C1=C\c1coc2ccccc12. The van der Waals surface area contributed by atoms with E-state index in [1.54, 1.807) is 12.3 Å². The smallest absolute Gasteiger partial charge is 0.363 e. The molecule has 0 bridgehead atoms. The lowest BCUT2D eigenvalue weighted by molar-refractivity contribution is -0.129. The fourth-order valence-corrected chi connectivity index (χ4v) is 2.37. The van der Waals surface area contributed by atoms with E-state index in [1.807, 2.05) is 54.6 Å². The van der Waals surface area contributed by atoms with E-state index in [4.69, 9.17) is 9.15 Å². The van der Waals surface area contributed by atoms with Crippen LogP contribution in [0.4, 0.5) is 0 Å². The van der Waals surface area contributed by atoms with Gasteiger partial charge >= 0.3 is 5.97 Å². The van der Waals surface area contributed by atoms with Gasteiger partial charge in [0.25, 0.3) is 0 Å². The van der Waals surface area contributed by atoms with Crippen molar-refractivity contribution in [1.82, 2.24) is 0 Å². The molecule has 22 heavy (non-hydrogen) atoms. The molecule has 0 radical (unpaired) electrons. The highest BCUT2D eigenvalue weighted by Crippen LogP contribution is 2.25. The van der Waals surface area contributed by atoms with E-state index in [2.05, 4.69) is 4.99 Å². The maximum Gasteiger partial charge on any atom is 0.363 e. The van der Waals surface area contributed by atoms with Gasteiger partial charge in [-0.3, -0.25) is 0 Å². The molecule has 0 spiro atoms. The van der Waals surface area contributed by atoms with Crippen molar-refractivity contribution in [3.63, 3.8) is 0 Å². The van der Waals surface area contributed by atoms with E-state index in [9.17, 15) is 4.79 Å². The predicted octanol–water partition coefficient (Wildman–Crippen LogP) is 3.78. The minimum absolute atomic E-state index is 0.269. The van der Waals surface area contributed by atoms with Gasteiger partial charge in [-0.25, -0.2) is 9.79 Å². The number of carbonyl (C=O) groups is 1. The second-order valence-electron chi connectivity index (χ2n) is 4.89. The van der Waals surface area contributed by atoms with Gasteiger partial charge in [-0.1, -0.05) is 36.4 Å². The third-order valence-corrected chi connectivity index (χ3v) is 3.44. The fourth-order valence-electron chi connectivity index (χ4n) is 2.37. The van der Waals surface area contributed by atoms with Crippen molar-refractivity contribution in [2.24, 2.45) is 4.99 Å². The highest BCUT2D eigenvalue weighted by atomic mass is 16.6. The van der Waals surface area contributed by atoms with Gasteiger partial charge in [-0.15, -0.1) is 0 Å². The number of hydrogen-bond donors (Lipinski definition) is 0. The van der Waals surface area contributed by atoms with E-state index < -0.39 is 5.97 Å². The summed E-state index contributed by atoms with van der Waals surface area (Å²) in [4.78, 5) is 16.3. The van der Waals surface area contributed by atoms with E-state index in [0.29, 0.717) is 5.90 Å². The van der Waals surface area contributed by atoms with Crippen LogP contribution in [0.5, 0.6) is 0 Å². The zero-order valence-electron chi connectivity index (χ0n) is 11.5. The first-order chi connectivity index (χ1) is 10.8. The Kier molecular flexibility index (Phi) is 2.86. The first kappa shape index (κ1) is 12.6. The number of rotatable bonds is 2. The van der Waals surface area contributed by atoms with E-state index in [0.717, 1.165) is 22.1 Å². The minimum atomic E-state index is -0.455. The fraction of sp³-hybridized carbons (Fsp3) is 0. The number of esters is 1. The summed E-state index contributed by atoms with van der Waals surface area (Å²) >= 11 is 0. The van der Waals surface area contributed by atoms with E-state index >= 15 is 0 Å². The van der Waals surface area contributed by atoms with Crippen LogP contribution in [-0.4, -0.2) is 11.9 Å². The van der Waals surface area contributed by atoms with Gasteiger partial charge in [0, 0.05) is 16.5 Å². The van der Waals surface area contributed by atoms with Gasteiger partial charge in [-0.05, 0) is 24.3 Å². The van der Waals surface area contributed by atoms with Crippen LogP contribution in [0.25, 0.3) is 17.0 Å². The molecule has 4 nitrogen and oxygen atoms in total. The number of ether oxygens (including phenoxy) is 1. The summed E-state index contributed by atoms with van der Waals surface area (Å²) in [6, 6.07) is 17.0. The number of nitrogens with zero attached hydrogens (tertiary/aromatic N) is 1. The zero-order valence-corrected chi connectivity index (χ0v) is 11.5. The largest absolute Gasteiger partial charge is 0.464 e. The number of cyclic esters (lactones) is 1. The first-order valence-corrected chi connectivity index (χ1v) is 6.85. The number of hydrogen-bond acceptors (Lipinski definition) is 4. The lowest BCUT2D eigenvalue weighted by Gasteiger charge is -1.97. The Morgan fingerprint density at radius 1 is 0.955 bits per heavy atom. The van der Waals surface area contributed by atoms with Crippen molar-refractivity contribution in [1.29, 1.82) is 0 Å². The average Bonchev–Trinajstić information content (AvgIpc) is 3.13. The Bertz CT molecular complexity index is 920. The molecule has 0 atom stereocenters. The zero-order chi connectivity index (χ0) is 14.9. The molecule has 3 aromatic rings. The summed E-state index contributed by atoms with van der Waals surface area (Å²) in [6.07, 6.45) is 3.30. The molecule has 106 valence electrons. The van der Waals surface area contributed by atoms with Crippen LogP contribution in [0.2, 0.25) is 0 Å². The molecule has 4 rings (SSSR count). The summed E-state index contributed by atoms with van der Waals surface area (Å²) in [6.45, 7) is 0. The predicted molar refractivity (Wildman–Crippen MR) is 83.3 cm³/mol. The summed E-state index contributed by atoms with van der Waals surface area (Å²) < 4.78 is 10.7. The second-order valence-corrected chi connectivity index (χ2v) is 4.89. The Labute approximate surface area is 126 Å². The van der Waals surface area contributed by atoms with Crippen molar-refractivity contribution in [2.75, 3.05) is 0 Å². The molecule has 0 aliphatic carbocycles. The van der Waals surface area contributed by atoms with Crippen molar-refractivity contribution in [3.05, 3.63) is 77.7 Å². The van der Waals surface area contributed by atoms with Crippen LogP contribution in [-0.2, 0) is 9.53 Å². The normalized spacial score (nSPS) is 16.1. The van der Waals surface area contributed by atoms with Crippen molar-refractivity contribution >= 4 is 28.9 Å². The standard InChI is InChI=1S/C18H11NO3/c20-18-15(19-17(22-18)12-6-2-1-3-7-12)10-13-11-21-16-9-5-4-8-14(13)16/h1-11H/b15-10-. The summed E-state index contributed by atoms with van der Waals surface area (Å²) in [5, 5.41) is 0.936. The van der Waals surface area contributed by atoms with Crippen LogP contribution in [0.15, 0.2) is 76.0 Å². The summed E-state index contributed by atoms with van der Waals surface area (Å²) in [5.41, 5.74) is 2.62. The molecule has 0 amide bonds. The molecule has 0 unspecified atom stereocenters. The monoisotopic (exact) mass is 289 g/mol. The molecular formula is C18H11NO3. The Morgan fingerprint density at radius 3 is 2.59 bits per heavy atom. The lowest BCUT2D eigenvalue weighted by atomic mass is 10.1. The van der Waals surface area contributed by atoms with Gasteiger partial charge < -0.3 is 9.15 Å². The van der Waals surface area contributed by atoms with Crippen molar-refractivity contribution in [2.45, 2.75) is 0 Å². The summed E-state index contributed by atoms with van der Waals surface area (Å²) in [5.74, 6) is -0.131. The minimum Gasteiger partial charge on any atom is -0.464 e. The number of benzene rings is 2. The first-order valence-electron chi connectivity index (χ1n) is 6.85. The van der Waals surface area contributed by atoms with E-state index in [1.165, 1.54) is 0 Å². The molecule has 1 aliphatic rings. The third-order valence-electron chi connectivity index (χ3n) is 3.44. The van der Waals surface area contributed by atoms with Gasteiger partial charge in [0.1, 0.15) is 5.58 Å². The molecule has 0 N–H and O–H groups in total. The molecular weight excluding hydrogens is 278 g/mol. The maximum atomic E-state index is 12.0. The summed E-state index contributed by atoms with van der Waals surface area (Å²) in [7, 11) is 0.